The van der Waals surface area contributed by atoms with E-state index < -0.39 is 0 Å². The van der Waals surface area contributed by atoms with Gasteiger partial charge in [0, 0.05) is 28.3 Å². The molecule has 19 heavy (non-hydrogen) atoms. The molecule has 0 bridgehead atoms. The van der Waals surface area contributed by atoms with E-state index in [0.29, 0.717) is 6.04 Å². The van der Waals surface area contributed by atoms with E-state index in [1.807, 2.05) is 12.1 Å². The first kappa shape index (κ1) is 13.4. The molecule has 1 atom stereocenters. The number of aliphatic hydroxyl groups is 1. The van der Waals surface area contributed by atoms with Gasteiger partial charge in [0.2, 0.25) is 0 Å². The molecule has 0 spiro atoms. The van der Waals surface area contributed by atoms with Crippen LogP contribution in [0.25, 0.3) is 0 Å². The Morgan fingerprint density at radius 2 is 1.95 bits per heavy atom. The Bertz CT molecular complexity index is 442. The van der Waals surface area contributed by atoms with E-state index in [0.717, 1.165) is 22.5 Å². The van der Waals surface area contributed by atoms with Gasteiger partial charge in [-0.2, -0.15) is 0 Å². The third-order valence-electron chi connectivity index (χ3n) is 4.77. The van der Waals surface area contributed by atoms with Crippen molar-refractivity contribution in [1.82, 2.24) is 0 Å². The van der Waals surface area contributed by atoms with Crippen LogP contribution >= 0.6 is 15.9 Å². The fourth-order valence-electron chi connectivity index (χ4n) is 3.86. The van der Waals surface area contributed by atoms with Crippen LogP contribution in [0.5, 0.6) is 0 Å². The molecule has 1 heterocycles. The number of anilines is 1. The van der Waals surface area contributed by atoms with Crippen molar-refractivity contribution < 1.29 is 5.11 Å². The maximum absolute atomic E-state index is 9.58. The quantitative estimate of drug-likeness (QED) is 0.905. The van der Waals surface area contributed by atoms with E-state index in [9.17, 15) is 5.11 Å². The van der Waals surface area contributed by atoms with Crippen LogP contribution in [-0.2, 0) is 6.61 Å². The van der Waals surface area contributed by atoms with Gasteiger partial charge >= 0.3 is 0 Å². The standard InChI is InChI=1S/C16H22BrNO/c17-14-8-7-13(11-19)16(10-14)18-9-3-6-15(18)12-4-1-2-5-12/h7-8,10,12,15,19H,1-6,9,11H2. The van der Waals surface area contributed by atoms with Crippen molar-refractivity contribution in [3.63, 3.8) is 0 Å². The smallest absolute Gasteiger partial charge is 0.0702 e. The van der Waals surface area contributed by atoms with Gasteiger partial charge in [0.05, 0.1) is 6.61 Å². The number of nitrogens with zero attached hydrogens (tertiary/aromatic N) is 1. The van der Waals surface area contributed by atoms with Crippen LogP contribution in [0, 0.1) is 5.92 Å². The first-order chi connectivity index (χ1) is 9.29. The highest BCUT2D eigenvalue weighted by Gasteiger charge is 2.34. The number of benzene rings is 1. The van der Waals surface area contributed by atoms with Gasteiger partial charge in [0.15, 0.2) is 0 Å². The largest absolute Gasteiger partial charge is 0.392 e. The third kappa shape index (κ3) is 2.68. The summed E-state index contributed by atoms with van der Waals surface area (Å²) in [6.45, 7) is 1.28. The molecular weight excluding hydrogens is 302 g/mol. The highest BCUT2D eigenvalue weighted by molar-refractivity contribution is 9.10. The molecule has 1 aromatic rings. The Labute approximate surface area is 123 Å². The van der Waals surface area contributed by atoms with Gasteiger partial charge in [-0.15, -0.1) is 0 Å². The Morgan fingerprint density at radius 3 is 2.68 bits per heavy atom. The minimum atomic E-state index is 0.135. The average molecular weight is 324 g/mol. The van der Waals surface area contributed by atoms with E-state index in [1.165, 1.54) is 44.2 Å². The SMILES string of the molecule is OCc1ccc(Br)cc1N1CCCC1C1CCCC1. The summed E-state index contributed by atoms with van der Waals surface area (Å²) in [5.74, 6) is 0.869. The van der Waals surface area contributed by atoms with Crippen molar-refractivity contribution in [3.05, 3.63) is 28.2 Å². The molecule has 1 saturated heterocycles. The van der Waals surface area contributed by atoms with Crippen LogP contribution in [-0.4, -0.2) is 17.7 Å². The molecule has 1 unspecified atom stereocenters. The normalized spacial score (nSPS) is 24.3. The summed E-state index contributed by atoms with van der Waals surface area (Å²) in [6, 6.07) is 6.94. The topological polar surface area (TPSA) is 23.5 Å². The van der Waals surface area contributed by atoms with Crippen molar-refractivity contribution in [2.24, 2.45) is 5.92 Å². The first-order valence-electron chi connectivity index (χ1n) is 7.45. The molecule has 0 amide bonds. The van der Waals surface area contributed by atoms with Gasteiger partial charge in [-0.25, -0.2) is 0 Å². The molecule has 0 radical (unpaired) electrons. The predicted molar refractivity (Wildman–Crippen MR) is 82.4 cm³/mol. The number of rotatable bonds is 3. The fourth-order valence-corrected chi connectivity index (χ4v) is 4.21. The molecule has 3 heteroatoms. The van der Waals surface area contributed by atoms with Gasteiger partial charge in [-0.1, -0.05) is 34.8 Å². The number of hydrogen-bond donors (Lipinski definition) is 1. The zero-order valence-electron chi connectivity index (χ0n) is 11.3. The van der Waals surface area contributed by atoms with E-state index in [-0.39, 0.29) is 6.61 Å². The van der Waals surface area contributed by atoms with Crippen LogP contribution in [0.3, 0.4) is 0 Å². The highest BCUT2D eigenvalue weighted by atomic mass is 79.9. The summed E-state index contributed by atoms with van der Waals surface area (Å²) in [5, 5.41) is 9.58. The molecule has 2 nitrogen and oxygen atoms in total. The van der Waals surface area contributed by atoms with Crippen molar-refractivity contribution in [2.75, 3.05) is 11.4 Å². The summed E-state index contributed by atoms with van der Waals surface area (Å²) in [7, 11) is 0. The van der Waals surface area contributed by atoms with Crippen LogP contribution in [0.2, 0.25) is 0 Å². The molecule has 1 aromatic carbocycles. The lowest BCUT2D eigenvalue weighted by Gasteiger charge is -2.32. The second-order valence-corrected chi connectivity index (χ2v) is 6.79. The van der Waals surface area contributed by atoms with E-state index >= 15 is 0 Å². The summed E-state index contributed by atoms with van der Waals surface area (Å²) in [5.41, 5.74) is 2.30. The van der Waals surface area contributed by atoms with Crippen molar-refractivity contribution in [1.29, 1.82) is 0 Å². The van der Waals surface area contributed by atoms with Crippen molar-refractivity contribution >= 4 is 21.6 Å². The summed E-state index contributed by atoms with van der Waals surface area (Å²) >= 11 is 3.57. The van der Waals surface area contributed by atoms with E-state index in [2.05, 4.69) is 26.9 Å². The fraction of sp³-hybridized carbons (Fsp3) is 0.625. The zero-order valence-corrected chi connectivity index (χ0v) is 12.9. The molecule has 1 aliphatic heterocycles. The lowest BCUT2D eigenvalue weighted by atomic mass is 9.95. The second kappa shape index (κ2) is 5.84. The second-order valence-electron chi connectivity index (χ2n) is 5.88. The Hall–Kier alpha value is -0.540. The lowest BCUT2D eigenvalue weighted by molar-refractivity contribution is 0.281. The van der Waals surface area contributed by atoms with Gasteiger partial charge in [0.25, 0.3) is 0 Å². The molecule has 2 aliphatic rings. The Morgan fingerprint density at radius 1 is 1.16 bits per heavy atom. The van der Waals surface area contributed by atoms with Crippen LogP contribution < -0.4 is 4.90 Å². The number of aliphatic hydroxyl groups excluding tert-OH is 1. The van der Waals surface area contributed by atoms with Crippen molar-refractivity contribution in [3.8, 4) is 0 Å². The van der Waals surface area contributed by atoms with Crippen LogP contribution in [0.15, 0.2) is 22.7 Å². The molecule has 1 saturated carbocycles. The molecule has 1 N–H and O–H groups in total. The maximum atomic E-state index is 9.58. The highest BCUT2D eigenvalue weighted by Crippen LogP contribution is 2.39. The third-order valence-corrected chi connectivity index (χ3v) is 5.26. The number of halogens is 1. The van der Waals surface area contributed by atoms with Crippen LogP contribution in [0.4, 0.5) is 5.69 Å². The summed E-state index contributed by atoms with van der Waals surface area (Å²) < 4.78 is 1.11. The number of hydrogen-bond acceptors (Lipinski definition) is 2. The lowest BCUT2D eigenvalue weighted by Crippen LogP contribution is -2.35. The Kier molecular flexibility index (Phi) is 4.13. The van der Waals surface area contributed by atoms with Gasteiger partial charge in [-0.05, 0) is 43.7 Å². The van der Waals surface area contributed by atoms with Gasteiger partial charge in [0.1, 0.15) is 0 Å². The molecular formula is C16H22BrNO. The summed E-state index contributed by atoms with van der Waals surface area (Å²) in [6.07, 6.45) is 8.20. The van der Waals surface area contributed by atoms with Gasteiger partial charge < -0.3 is 10.0 Å². The monoisotopic (exact) mass is 323 g/mol. The van der Waals surface area contributed by atoms with Crippen molar-refractivity contribution in [2.45, 2.75) is 51.2 Å². The minimum Gasteiger partial charge on any atom is -0.392 e. The predicted octanol–water partition coefficient (Wildman–Crippen LogP) is 4.10. The Balaban J connectivity index is 1.89. The maximum Gasteiger partial charge on any atom is 0.0702 e. The molecule has 1 aliphatic carbocycles. The summed E-state index contributed by atoms with van der Waals surface area (Å²) in [4.78, 5) is 2.56. The first-order valence-corrected chi connectivity index (χ1v) is 8.25. The van der Waals surface area contributed by atoms with Crippen LogP contribution in [0.1, 0.15) is 44.1 Å². The molecule has 3 rings (SSSR count). The molecule has 0 aromatic heterocycles. The minimum absolute atomic E-state index is 0.135. The zero-order chi connectivity index (χ0) is 13.2. The average Bonchev–Trinajstić information content (AvgIpc) is 3.09. The molecule has 2 fully saturated rings. The molecule has 104 valence electrons. The van der Waals surface area contributed by atoms with E-state index in [4.69, 9.17) is 0 Å². The van der Waals surface area contributed by atoms with Gasteiger partial charge in [-0.3, -0.25) is 0 Å². The van der Waals surface area contributed by atoms with E-state index in [1.54, 1.807) is 0 Å².